The topological polar surface area (TPSA) is 34.1 Å². The quantitative estimate of drug-likeness (QED) is 0.686. The maximum absolute atomic E-state index is 12.5. The Morgan fingerprint density at radius 1 is 0.682 bits per heavy atom. The molecule has 22 heavy (non-hydrogen) atoms. The lowest BCUT2D eigenvalue weighted by Crippen LogP contribution is -2.43. The van der Waals surface area contributed by atoms with Gasteiger partial charge in [0, 0.05) is 23.0 Å². The normalized spacial score (nSPS) is 33.8. The summed E-state index contributed by atoms with van der Waals surface area (Å²) in [5.41, 5.74) is 3.95. The summed E-state index contributed by atoms with van der Waals surface area (Å²) in [7, 11) is 0. The number of hydrogen-bond acceptors (Lipinski definition) is 2. The first-order valence-electron chi connectivity index (χ1n) is 7.72. The van der Waals surface area contributed by atoms with E-state index in [1.165, 1.54) is 23.3 Å². The van der Waals surface area contributed by atoms with Gasteiger partial charge in [0.05, 0.1) is 0 Å². The summed E-state index contributed by atoms with van der Waals surface area (Å²) < 4.78 is 0. The number of rotatable bonds is 0. The summed E-state index contributed by atoms with van der Waals surface area (Å²) >= 11 is 0. The molecular weight excluding hydrogens is 272 g/mol. The third-order valence-electron chi connectivity index (χ3n) is 5.49. The van der Waals surface area contributed by atoms with Crippen LogP contribution in [0.25, 0.3) is 0 Å². The summed E-state index contributed by atoms with van der Waals surface area (Å²) in [6, 6.07) is 8.30. The van der Waals surface area contributed by atoms with Crippen LogP contribution >= 0.6 is 0 Å². The smallest absolute Gasteiger partial charge is 0.183 e. The fourth-order valence-corrected chi connectivity index (χ4v) is 4.73. The molecule has 1 aromatic rings. The molecule has 1 aromatic carbocycles. The lowest BCUT2D eigenvalue weighted by atomic mass is 9.52. The van der Waals surface area contributed by atoms with E-state index in [9.17, 15) is 9.59 Å². The largest absolute Gasteiger partial charge is 0.290 e. The third-order valence-corrected chi connectivity index (χ3v) is 5.49. The van der Waals surface area contributed by atoms with Crippen LogP contribution < -0.4 is 0 Å². The van der Waals surface area contributed by atoms with Crippen molar-refractivity contribution in [3.8, 4) is 0 Å². The first-order chi connectivity index (χ1) is 10.8. The molecule has 0 radical (unpaired) electrons. The molecule has 0 N–H and O–H groups in total. The number of allylic oxidation sites excluding steroid dienone is 8. The molecule has 4 atom stereocenters. The highest BCUT2D eigenvalue weighted by molar-refractivity contribution is 6.22. The molecule has 2 bridgehead atoms. The van der Waals surface area contributed by atoms with E-state index in [1.54, 1.807) is 0 Å². The van der Waals surface area contributed by atoms with Gasteiger partial charge < -0.3 is 0 Å². The van der Waals surface area contributed by atoms with Crippen LogP contribution in [0.5, 0.6) is 0 Å². The number of benzene rings is 1. The van der Waals surface area contributed by atoms with Crippen molar-refractivity contribution in [1.82, 2.24) is 0 Å². The molecular formula is C20H14O2. The van der Waals surface area contributed by atoms with Crippen molar-refractivity contribution in [3.63, 3.8) is 0 Å². The van der Waals surface area contributed by atoms with Crippen LogP contribution in [0.3, 0.4) is 0 Å². The van der Waals surface area contributed by atoms with Crippen molar-refractivity contribution in [2.75, 3.05) is 0 Å². The van der Waals surface area contributed by atoms with Crippen molar-refractivity contribution >= 4 is 11.6 Å². The Morgan fingerprint density at radius 3 is 1.59 bits per heavy atom. The van der Waals surface area contributed by atoms with Gasteiger partial charge in [0.15, 0.2) is 11.6 Å². The Labute approximate surface area is 128 Å². The van der Waals surface area contributed by atoms with Crippen LogP contribution in [-0.2, 0) is 9.59 Å². The molecule has 0 aliphatic heterocycles. The number of carbonyl (C=O) groups is 2. The minimum absolute atomic E-state index is 0.0144. The predicted molar refractivity (Wildman–Crippen MR) is 83.4 cm³/mol. The molecule has 0 saturated carbocycles. The summed E-state index contributed by atoms with van der Waals surface area (Å²) in [5.74, 6) is 0.632. The van der Waals surface area contributed by atoms with Crippen LogP contribution in [0.1, 0.15) is 23.0 Å². The predicted octanol–water partition coefficient (Wildman–Crippen LogP) is 3.24. The van der Waals surface area contributed by atoms with Crippen LogP contribution in [-0.4, -0.2) is 11.6 Å². The second kappa shape index (κ2) is 4.04. The van der Waals surface area contributed by atoms with Gasteiger partial charge in [-0.2, -0.15) is 0 Å². The standard InChI is InChI=1S/C20H14O2/c21-15-9-10-16(22)20-18-12-6-2-1-5-11(12)17(19(15)20)13-7-3-4-8-14(13)18/h1-12,17-18H/t11-,12+,17-,18-/m1/s1. The van der Waals surface area contributed by atoms with E-state index in [-0.39, 0.29) is 35.2 Å². The Morgan fingerprint density at radius 2 is 1.14 bits per heavy atom. The van der Waals surface area contributed by atoms with Crippen molar-refractivity contribution in [3.05, 3.63) is 83.0 Å². The van der Waals surface area contributed by atoms with Gasteiger partial charge in [-0.1, -0.05) is 48.6 Å². The highest BCUT2D eigenvalue weighted by Gasteiger charge is 2.52. The lowest BCUT2D eigenvalue weighted by Gasteiger charge is -2.50. The zero-order chi connectivity index (χ0) is 14.8. The average Bonchev–Trinajstić information content (AvgIpc) is 2.58. The van der Waals surface area contributed by atoms with E-state index >= 15 is 0 Å². The van der Waals surface area contributed by atoms with Crippen molar-refractivity contribution in [1.29, 1.82) is 0 Å². The molecule has 5 aliphatic carbocycles. The molecule has 2 heteroatoms. The van der Waals surface area contributed by atoms with Gasteiger partial charge in [0.1, 0.15) is 0 Å². The van der Waals surface area contributed by atoms with Crippen molar-refractivity contribution in [2.45, 2.75) is 11.8 Å². The van der Waals surface area contributed by atoms with Gasteiger partial charge in [0.25, 0.3) is 0 Å². The zero-order valence-electron chi connectivity index (χ0n) is 11.9. The SMILES string of the molecule is O=C1C=CC(=O)C2=C1[C@H]1c3ccccc3[C@H]2[C@H]2C=CC=C[C@H]21. The Bertz CT molecular complexity index is 781. The maximum Gasteiger partial charge on any atom is 0.183 e. The molecule has 6 rings (SSSR count). The van der Waals surface area contributed by atoms with Gasteiger partial charge in [-0.25, -0.2) is 0 Å². The Kier molecular flexibility index (Phi) is 2.22. The van der Waals surface area contributed by atoms with Gasteiger partial charge >= 0.3 is 0 Å². The molecule has 0 amide bonds. The number of hydrogen-bond donors (Lipinski definition) is 0. The number of ketones is 2. The van der Waals surface area contributed by atoms with E-state index in [4.69, 9.17) is 0 Å². The zero-order valence-corrected chi connectivity index (χ0v) is 11.9. The monoisotopic (exact) mass is 286 g/mol. The average molecular weight is 286 g/mol. The highest BCUT2D eigenvalue weighted by Crippen LogP contribution is 2.60. The second-order valence-corrected chi connectivity index (χ2v) is 6.40. The van der Waals surface area contributed by atoms with E-state index in [0.29, 0.717) is 0 Å². The van der Waals surface area contributed by atoms with Gasteiger partial charge in [-0.05, 0) is 35.1 Å². The van der Waals surface area contributed by atoms with Gasteiger partial charge in [-0.15, -0.1) is 0 Å². The Hall–Kier alpha value is -2.48. The Balaban J connectivity index is 1.85. The van der Waals surface area contributed by atoms with Gasteiger partial charge in [0.2, 0.25) is 0 Å². The highest BCUT2D eigenvalue weighted by atomic mass is 16.1. The van der Waals surface area contributed by atoms with E-state index in [0.717, 1.165) is 11.1 Å². The molecule has 0 aromatic heterocycles. The van der Waals surface area contributed by atoms with E-state index in [1.807, 2.05) is 12.1 Å². The summed E-state index contributed by atoms with van der Waals surface area (Å²) in [4.78, 5) is 25.0. The van der Waals surface area contributed by atoms with Crippen LogP contribution in [0, 0.1) is 11.8 Å². The van der Waals surface area contributed by atoms with E-state index in [2.05, 4.69) is 36.4 Å². The first kappa shape index (κ1) is 12.1. The van der Waals surface area contributed by atoms with Gasteiger partial charge in [-0.3, -0.25) is 9.59 Å². The summed E-state index contributed by atoms with van der Waals surface area (Å²) in [6.07, 6.45) is 11.4. The minimum Gasteiger partial charge on any atom is -0.290 e. The molecule has 0 heterocycles. The molecule has 0 fully saturated rings. The minimum atomic E-state index is 0.0144. The fraction of sp³-hybridized carbons (Fsp3) is 0.200. The third kappa shape index (κ3) is 1.31. The van der Waals surface area contributed by atoms with Crippen LogP contribution in [0.15, 0.2) is 71.9 Å². The summed E-state index contributed by atoms with van der Waals surface area (Å²) in [6.45, 7) is 0. The van der Waals surface area contributed by atoms with Crippen molar-refractivity contribution < 1.29 is 9.59 Å². The van der Waals surface area contributed by atoms with Crippen LogP contribution in [0.2, 0.25) is 0 Å². The summed E-state index contributed by atoms with van der Waals surface area (Å²) in [5, 5.41) is 0. The first-order valence-corrected chi connectivity index (χ1v) is 7.72. The van der Waals surface area contributed by atoms with Crippen molar-refractivity contribution in [2.24, 2.45) is 11.8 Å². The maximum atomic E-state index is 12.5. The van der Waals surface area contributed by atoms with Crippen LogP contribution in [0.4, 0.5) is 0 Å². The molecule has 0 spiro atoms. The van der Waals surface area contributed by atoms with E-state index < -0.39 is 0 Å². The second-order valence-electron chi connectivity index (χ2n) is 6.40. The molecule has 106 valence electrons. The fourth-order valence-electron chi connectivity index (χ4n) is 4.73. The molecule has 5 aliphatic rings. The number of carbonyl (C=O) groups excluding carboxylic acids is 2. The molecule has 0 saturated heterocycles. The lowest BCUT2D eigenvalue weighted by molar-refractivity contribution is -0.116. The molecule has 0 unspecified atom stereocenters. The molecule has 2 nitrogen and oxygen atoms in total.